The summed E-state index contributed by atoms with van der Waals surface area (Å²) in [4.78, 5) is 0. The Morgan fingerprint density at radius 2 is 1.67 bits per heavy atom. The first-order chi connectivity index (χ1) is 8.00. The molecule has 0 aliphatic carbocycles. The molecule has 8 heteroatoms. The monoisotopic (exact) mass is 291 g/mol. The molecular formula is C10H8ClF6N. The van der Waals surface area contributed by atoms with Gasteiger partial charge < -0.3 is 5.73 Å². The van der Waals surface area contributed by atoms with Gasteiger partial charge in [-0.15, -0.1) is 0 Å². The quantitative estimate of drug-likeness (QED) is 0.807. The maximum Gasteiger partial charge on any atom is 0.417 e. The smallest absolute Gasteiger partial charge is 0.324 e. The van der Waals surface area contributed by atoms with Crippen LogP contribution in [0.2, 0.25) is 5.02 Å². The van der Waals surface area contributed by atoms with Crippen molar-refractivity contribution >= 4 is 11.6 Å². The third-order valence-electron chi connectivity index (χ3n) is 2.18. The van der Waals surface area contributed by atoms with Gasteiger partial charge in [0.2, 0.25) is 0 Å². The number of halogens is 7. The normalized spacial score (nSPS) is 14.7. The van der Waals surface area contributed by atoms with Crippen LogP contribution in [-0.2, 0) is 6.18 Å². The van der Waals surface area contributed by atoms with Crippen molar-refractivity contribution in [2.75, 3.05) is 0 Å². The van der Waals surface area contributed by atoms with E-state index in [0.29, 0.717) is 6.07 Å². The fourth-order valence-electron chi connectivity index (χ4n) is 1.36. The first-order valence-corrected chi connectivity index (χ1v) is 5.07. The summed E-state index contributed by atoms with van der Waals surface area (Å²) in [7, 11) is 0. The molecule has 0 fully saturated rings. The minimum Gasteiger partial charge on any atom is -0.324 e. The molecule has 0 aromatic heterocycles. The molecule has 0 unspecified atom stereocenters. The number of hydrogen-bond acceptors (Lipinski definition) is 1. The van der Waals surface area contributed by atoms with Gasteiger partial charge in [-0.2, -0.15) is 26.3 Å². The molecule has 1 atom stereocenters. The van der Waals surface area contributed by atoms with Crippen molar-refractivity contribution in [2.24, 2.45) is 5.73 Å². The summed E-state index contributed by atoms with van der Waals surface area (Å²) in [6.45, 7) is 0. The summed E-state index contributed by atoms with van der Waals surface area (Å²) in [5.74, 6) is 0. The third kappa shape index (κ3) is 4.06. The standard InChI is InChI=1S/C10H8ClF6N/c11-7-3-5(8(18)4-9(12,13)14)1-2-6(7)10(15,16)17/h1-3,8H,4,18H2/t8-/m1/s1. The summed E-state index contributed by atoms with van der Waals surface area (Å²) in [5, 5.41) is -0.669. The summed E-state index contributed by atoms with van der Waals surface area (Å²) in [6, 6.07) is 0.879. The summed E-state index contributed by atoms with van der Waals surface area (Å²) >= 11 is 5.37. The van der Waals surface area contributed by atoms with Gasteiger partial charge in [0.25, 0.3) is 0 Å². The number of benzene rings is 1. The number of hydrogen-bond donors (Lipinski definition) is 1. The zero-order valence-electron chi connectivity index (χ0n) is 8.74. The SMILES string of the molecule is N[C@H](CC(F)(F)F)c1ccc(C(F)(F)F)c(Cl)c1. The molecule has 1 nitrogen and oxygen atoms in total. The second-order valence-corrected chi connectivity index (χ2v) is 4.07. The van der Waals surface area contributed by atoms with Gasteiger partial charge in [-0.25, -0.2) is 0 Å². The summed E-state index contributed by atoms with van der Waals surface area (Å²) < 4.78 is 73.3. The molecule has 0 spiro atoms. The molecule has 0 saturated heterocycles. The van der Waals surface area contributed by atoms with E-state index in [1.165, 1.54) is 0 Å². The lowest BCUT2D eigenvalue weighted by Gasteiger charge is -2.16. The van der Waals surface area contributed by atoms with Crippen LogP contribution in [0.15, 0.2) is 18.2 Å². The lowest BCUT2D eigenvalue weighted by Crippen LogP contribution is -2.20. The van der Waals surface area contributed by atoms with Gasteiger partial charge >= 0.3 is 12.4 Å². The van der Waals surface area contributed by atoms with E-state index >= 15 is 0 Å². The lowest BCUT2D eigenvalue weighted by atomic mass is 10.0. The van der Waals surface area contributed by atoms with Crippen molar-refractivity contribution in [1.29, 1.82) is 0 Å². The minimum atomic E-state index is -4.65. The zero-order valence-corrected chi connectivity index (χ0v) is 9.50. The van der Waals surface area contributed by atoms with Crippen LogP contribution in [0.25, 0.3) is 0 Å². The largest absolute Gasteiger partial charge is 0.417 e. The molecule has 18 heavy (non-hydrogen) atoms. The average molecular weight is 292 g/mol. The van der Waals surface area contributed by atoms with Crippen molar-refractivity contribution < 1.29 is 26.3 Å². The number of alkyl halides is 6. The van der Waals surface area contributed by atoms with Crippen LogP contribution in [-0.4, -0.2) is 6.18 Å². The van der Waals surface area contributed by atoms with Gasteiger partial charge in [-0.3, -0.25) is 0 Å². The fourth-order valence-corrected chi connectivity index (χ4v) is 1.66. The highest BCUT2D eigenvalue weighted by molar-refractivity contribution is 6.31. The molecule has 0 heterocycles. The first kappa shape index (κ1) is 15.1. The number of nitrogens with two attached hydrogens (primary N) is 1. The van der Waals surface area contributed by atoms with Gasteiger partial charge in [-0.05, 0) is 17.7 Å². The molecular weight excluding hydrogens is 284 g/mol. The fraction of sp³-hybridized carbons (Fsp3) is 0.400. The van der Waals surface area contributed by atoms with Crippen LogP contribution in [0.3, 0.4) is 0 Å². The lowest BCUT2D eigenvalue weighted by molar-refractivity contribution is -0.139. The van der Waals surface area contributed by atoms with Crippen molar-refractivity contribution in [2.45, 2.75) is 24.8 Å². The molecule has 0 bridgehead atoms. The van der Waals surface area contributed by atoms with E-state index in [2.05, 4.69) is 0 Å². The molecule has 0 aliphatic rings. The molecule has 0 amide bonds. The maximum absolute atomic E-state index is 12.4. The Labute approximate surface area is 104 Å². The van der Waals surface area contributed by atoms with Crippen LogP contribution in [0.1, 0.15) is 23.6 Å². The van der Waals surface area contributed by atoms with E-state index in [-0.39, 0.29) is 5.56 Å². The third-order valence-corrected chi connectivity index (χ3v) is 2.49. The van der Waals surface area contributed by atoms with Crippen LogP contribution >= 0.6 is 11.6 Å². The van der Waals surface area contributed by atoms with E-state index < -0.39 is 35.4 Å². The topological polar surface area (TPSA) is 26.0 Å². The van der Waals surface area contributed by atoms with Gasteiger partial charge in [0.15, 0.2) is 0 Å². The summed E-state index contributed by atoms with van der Waals surface area (Å²) in [6.07, 6.45) is -10.5. The van der Waals surface area contributed by atoms with Crippen LogP contribution < -0.4 is 5.73 Å². The first-order valence-electron chi connectivity index (χ1n) is 4.69. The molecule has 1 rings (SSSR count). The summed E-state index contributed by atoms with van der Waals surface area (Å²) in [5.41, 5.74) is 4.05. The maximum atomic E-state index is 12.4. The second-order valence-electron chi connectivity index (χ2n) is 3.66. The molecule has 1 aromatic rings. The molecule has 0 aliphatic heterocycles. The van der Waals surface area contributed by atoms with Crippen LogP contribution in [0.5, 0.6) is 0 Å². The van der Waals surface area contributed by atoms with Gasteiger partial charge in [0.1, 0.15) is 0 Å². The van der Waals surface area contributed by atoms with Crippen molar-refractivity contribution in [3.8, 4) is 0 Å². The predicted molar refractivity (Wildman–Crippen MR) is 54.1 cm³/mol. The molecule has 102 valence electrons. The minimum absolute atomic E-state index is 0.0923. The van der Waals surface area contributed by atoms with E-state index in [4.69, 9.17) is 17.3 Å². The highest BCUT2D eigenvalue weighted by Gasteiger charge is 2.34. The second kappa shape index (κ2) is 4.97. The Kier molecular flexibility index (Phi) is 4.17. The zero-order chi connectivity index (χ0) is 14.1. The Hall–Kier alpha value is -0.950. The highest BCUT2D eigenvalue weighted by Crippen LogP contribution is 2.36. The van der Waals surface area contributed by atoms with Crippen molar-refractivity contribution in [3.63, 3.8) is 0 Å². The van der Waals surface area contributed by atoms with E-state index in [9.17, 15) is 26.3 Å². The van der Waals surface area contributed by atoms with Crippen molar-refractivity contribution in [1.82, 2.24) is 0 Å². The predicted octanol–water partition coefficient (Wildman–Crippen LogP) is 4.31. The van der Waals surface area contributed by atoms with Crippen LogP contribution in [0, 0.1) is 0 Å². The van der Waals surface area contributed by atoms with Gasteiger partial charge in [0.05, 0.1) is 17.0 Å². The Balaban J connectivity index is 2.98. The Morgan fingerprint density at radius 3 is 2.06 bits per heavy atom. The highest BCUT2D eigenvalue weighted by atomic mass is 35.5. The van der Waals surface area contributed by atoms with Gasteiger partial charge in [-0.1, -0.05) is 17.7 Å². The van der Waals surface area contributed by atoms with Crippen molar-refractivity contribution in [3.05, 3.63) is 34.3 Å². The molecule has 0 radical (unpaired) electrons. The van der Waals surface area contributed by atoms with Gasteiger partial charge in [0, 0.05) is 6.04 Å². The van der Waals surface area contributed by atoms with E-state index in [0.717, 1.165) is 12.1 Å². The average Bonchev–Trinajstić information content (AvgIpc) is 2.12. The molecule has 1 aromatic carbocycles. The van der Waals surface area contributed by atoms with Crippen LogP contribution in [0.4, 0.5) is 26.3 Å². The number of rotatable bonds is 2. The van der Waals surface area contributed by atoms with E-state index in [1.54, 1.807) is 0 Å². The Bertz CT molecular complexity index is 425. The van der Waals surface area contributed by atoms with E-state index in [1.807, 2.05) is 0 Å². The molecule has 0 saturated carbocycles. The molecule has 2 N–H and O–H groups in total. The Morgan fingerprint density at radius 1 is 1.11 bits per heavy atom.